The lowest BCUT2D eigenvalue weighted by molar-refractivity contribution is 0.199. The normalized spacial score (nSPS) is 10.8. The number of hydrogen-bond acceptors (Lipinski definition) is 3. The van der Waals surface area contributed by atoms with E-state index < -0.39 is 0 Å². The Balaban J connectivity index is 1.95. The summed E-state index contributed by atoms with van der Waals surface area (Å²) in [7, 11) is 1.70. The van der Waals surface area contributed by atoms with Crippen molar-refractivity contribution in [2.45, 2.75) is 6.54 Å². The molecule has 0 saturated carbocycles. The zero-order valence-corrected chi connectivity index (χ0v) is 12.4. The van der Waals surface area contributed by atoms with E-state index in [4.69, 9.17) is 4.74 Å². The lowest BCUT2D eigenvalue weighted by atomic mass is 10.2. The molecule has 0 spiro atoms. The van der Waals surface area contributed by atoms with Crippen LogP contribution in [0.4, 0.5) is 0 Å². The molecular weight excluding hydrogens is 341 g/mol. The van der Waals surface area contributed by atoms with Crippen molar-refractivity contribution >= 4 is 22.6 Å². The van der Waals surface area contributed by atoms with Crippen LogP contribution in [-0.4, -0.2) is 30.2 Å². The summed E-state index contributed by atoms with van der Waals surface area (Å²) >= 11 is 2.30. The Bertz CT molecular complexity index is 481. The smallest absolute Gasteiger partial charge is 0.120 e. The maximum atomic E-state index is 4.97. The van der Waals surface area contributed by atoms with Crippen molar-refractivity contribution in [2.24, 2.45) is 0 Å². The number of rotatable bonds is 6. The first-order chi connectivity index (χ1) is 8.79. The fourth-order valence-corrected chi connectivity index (χ4v) is 1.97. The number of ether oxygens (including phenoxy) is 1. The van der Waals surface area contributed by atoms with Crippen LogP contribution in [0, 0.1) is 3.57 Å². The topological polar surface area (TPSA) is 49.9 Å². The van der Waals surface area contributed by atoms with E-state index in [1.165, 1.54) is 3.57 Å². The first-order valence-electron chi connectivity index (χ1n) is 5.79. The molecule has 1 heterocycles. The summed E-state index contributed by atoms with van der Waals surface area (Å²) in [6, 6.07) is 8.37. The molecule has 0 bridgehead atoms. The van der Waals surface area contributed by atoms with E-state index in [2.05, 4.69) is 62.1 Å². The number of aromatic amines is 1. The van der Waals surface area contributed by atoms with Crippen molar-refractivity contribution in [2.75, 3.05) is 20.3 Å². The second-order valence-electron chi connectivity index (χ2n) is 3.92. The second-order valence-corrected chi connectivity index (χ2v) is 5.17. The van der Waals surface area contributed by atoms with Gasteiger partial charge in [0, 0.05) is 17.2 Å². The average Bonchev–Trinajstić information content (AvgIpc) is 2.84. The third kappa shape index (κ3) is 3.79. The minimum atomic E-state index is 0.713. The zero-order valence-electron chi connectivity index (χ0n) is 10.2. The van der Waals surface area contributed by atoms with Crippen molar-refractivity contribution in [1.29, 1.82) is 0 Å². The van der Waals surface area contributed by atoms with Crippen LogP contribution in [0.1, 0.15) is 5.82 Å². The summed E-state index contributed by atoms with van der Waals surface area (Å²) in [5, 5.41) is 3.26. The number of nitrogens with zero attached hydrogens (tertiary/aromatic N) is 1. The highest BCUT2D eigenvalue weighted by molar-refractivity contribution is 14.1. The summed E-state index contributed by atoms with van der Waals surface area (Å²) in [6.45, 7) is 2.27. The highest BCUT2D eigenvalue weighted by atomic mass is 127. The Morgan fingerprint density at radius 1 is 1.33 bits per heavy atom. The Morgan fingerprint density at radius 3 is 2.83 bits per heavy atom. The summed E-state index contributed by atoms with van der Waals surface area (Å²) in [5.41, 5.74) is 2.21. The van der Waals surface area contributed by atoms with Gasteiger partial charge in [-0.25, -0.2) is 4.98 Å². The van der Waals surface area contributed by atoms with Gasteiger partial charge in [-0.15, -0.1) is 0 Å². The third-order valence-corrected chi connectivity index (χ3v) is 3.28. The van der Waals surface area contributed by atoms with Crippen LogP contribution < -0.4 is 5.32 Å². The quantitative estimate of drug-likeness (QED) is 0.617. The molecule has 2 rings (SSSR count). The molecule has 0 radical (unpaired) electrons. The van der Waals surface area contributed by atoms with Crippen LogP contribution in [0.2, 0.25) is 0 Å². The molecule has 0 aliphatic carbocycles. The van der Waals surface area contributed by atoms with Crippen LogP contribution in [0.15, 0.2) is 30.5 Å². The fourth-order valence-electron chi connectivity index (χ4n) is 1.61. The van der Waals surface area contributed by atoms with Gasteiger partial charge >= 0.3 is 0 Å². The highest BCUT2D eigenvalue weighted by Crippen LogP contribution is 2.18. The molecule has 0 fully saturated rings. The van der Waals surface area contributed by atoms with E-state index in [0.717, 1.165) is 30.2 Å². The molecule has 1 aromatic carbocycles. The molecule has 0 saturated heterocycles. The number of aromatic nitrogens is 2. The average molecular weight is 357 g/mol. The van der Waals surface area contributed by atoms with Crippen molar-refractivity contribution < 1.29 is 4.74 Å². The number of imidazole rings is 1. The van der Waals surface area contributed by atoms with Gasteiger partial charge in [0.05, 0.1) is 25.0 Å². The standard InChI is InChI=1S/C13H16IN3O/c1-18-7-6-15-9-13-16-8-12(17-13)10-2-4-11(14)5-3-10/h2-5,8,15H,6-7,9H2,1H3,(H,16,17). The number of methoxy groups -OCH3 is 1. The molecule has 4 nitrogen and oxygen atoms in total. The van der Waals surface area contributed by atoms with E-state index in [1.807, 2.05) is 6.20 Å². The van der Waals surface area contributed by atoms with E-state index in [9.17, 15) is 0 Å². The molecule has 5 heteroatoms. The van der Waals surface area contributed by atoms with Crippen LogP contribution in [0.5, 0.6) is 0 Å². The maximum Gasteiger partial charge on any atom is 0.120 e. The van der Waals surface area contributed by atoms with Gasteiger partial charge < -0.3 is 15.0 Å². The molecular formula is C13H16IN3O. The fraction of sp³-hybridized carbons (Fsp3) is 0.308. The van der Waals surface area contributed by atoms with Gasteiger partial charge in [-0.05, 0) is 40.3 Å². The Morgan fingerprint density at radius 2 is 2.11 bits per heavy atom. The highest BCUT2D eigenvalue weighted by Gasteiger charge is 2.02. The lowest BCUT2D eigenvalue weighted by Gasteiger charge is -2.01. The van der Waals surface area contributed by atoms with E-state index in [0.29, 0.717) is 6.61 Å². The minimum Gasteiger partial charge on any atom is -0.383 e. The summed E-state index contributed by atoms with van der Waals surface area (Å²) in [4.78, 5) is 7.66. The Labute approximate surface area is 120 Å². The van der Waals surface area contributed by atoms with E-state index in [-0.39, 0.29) is 0 Å². The van der Waals surface area contributed by atoms with E-state index in [1.54, 1.807) is 7.11 Å². The molecule has 0 atom stereocenters. The van der Waals surface area contributed by atoms with Gasteiger partial charge in [-0.3, -0.25) is 0 Å². The van der Waals surface area contributed by atoms with Gasteiger partial charge in [0.25, 0.3) is 0 Å². The molecule has 0 aliphatic rings. The van der Waals surface area contributed by atoms with Crippen LogP contribution in [0.25, 0.3) is 11.3 Å². The summed E-state index contributed by atoms with van der Waals surface area (Å²) < 4.78 is 6.21. The van der Waals surface area contributed by atoms with Crippen LogP contribution in [0.3, 0.4) is 0 Å². The predicted octanol–water partition coefficient (Wildman–Crippen LogP) is 2.42. The number of benzene rings is 1. The largest absolute Gasteiger partial charge is 0.383 e. The number of nitrogens with one attached hydrogen (secondary N) is 2. The second kappa shape index (κ2) is 6.86. The molecule has 0 amide bonds. The first-order valence-corrected chi connectivity index (χ1v) is 6.87. The van der Waals surface area contributed by atoms with Crippen molar-refractivity contribution in [3.05, 3.63) is 39.9 Å². The summed E-state index contributed by atoms with van der Waals surface area (Å²) in [6.07, 6.45) is 1.87. The molecule has 1 aromatic heterocycles. The predicted molar refractivity (Wildman–Crippen MR) is 80.3 cm³/mol. The Kier molecular flexibility index (Phi) is 5.15. The van der Waals surface area contributed by atoms with Gasteiger partial charge in [0.2, 0.25) is 0 Å². The van der Waals surface area contributed by atoms with Crippen LogP contribution >= 0.6 is 22.6 Å². The SMILES string of the molecule is COCCNCc1ncc(-c2ccc(I)cc2)[nH]1. The molecule has 2 N–H and O–H groups in total. The van der Waals surface area contributed by atoms with Gasteiger partial charge in [-0.2, -0.15) is 0 Å². The zero-order chi connectivity index (χ0) is 12.8. The van der Waals surface area contributed by atoms with Crippen molar-refractivity contribution in [1.82, 2.24) is 15.3 Å². The monoisotopic (exact) mass is 357 g/mol. The van der Waals surface area contributed by atoms with E-state index >= 15 is 0 Å². The first kappa shape index (κ1) is 13.5. The number of hydrogen-bond donors (Lipinski definition) is 2. The molecule has 2 aromatic rings. The lowest BCUT2D eigenvalue weighted by Crippen LogP contribution is -2.19. The maximum absolute atomic E-state index is 4.97. The number of H-pyrrole nitrogens is 1. The van der Waals surface area contributed by atoms with Crippen molar-refractivity contribution in [3.63, 3.8) is 0 Å². The third-order valence-electron chi connectivity index (χ3n) is 2.56. The summed E-state index contributed by atoms with van der Waals surface area (Å²) in [5.74, 6) is 0.944. The van der Waals surface area contributed by atoms with Gasteiger partial charge in [0.1, 0.15) is 5.82 Å². The van der Waals surface area contributed by atoms with Crippen molar-refractivity contribution in [3.8, 4) is 11.3 Å². The van der Waals surface area contributed by atoms with Gasteiger partial charge in [-0.1, -0.05) is 12.1 Å². The molecule has 0 unspecified atom stereocenters. The van der Waals surface area contributed by atoms with Crippen LogP contribution in [-0.2, 0) is 11.3 Å². The minimum absolute atomic E-state index is 0.713. The Hall–Kier alpha value is -0.920. The molecule has 0 aliphatic heterocycles. The molecule has 18 heavy (non-hydrogen) atoms. The molecule has 96 valence electrons. The van der Waals surface area contributed by atoms with Gasteiger partial charge in [0.15, 0.2) is 0 Å². The number of halogens is 1.